The summed E-state index contributed by atoms with van der Waals surface area (Å²) in [6.45, 7) is 3.68. The van der Waals surface area contributed by atoms with Crippen LogP contribution >= 0.6 is 11.6 Å². The summed E-state index contributed by atoms with van der Waals surface area (Å²) < 4.78 is 25.4. The van der Waals surface area contributed by atoms with Gasteiger partial charge in [-0.3, -0.25) is 4.79 Å². The van der Waals surface area contributed by atoms with E-state index in [0.717, 1.165) is 33.8 Å². The molecule has 26 heavy (non-hydrogen) atoms. The van der Waals surface area contributed by atoms with E-state index >= 15 is 0 Å². The number of rotatable bonds is 7. The number of benzene rings is 2. The van der Waals surface area contributed by atoms with Crippen LogP contribution in [0.15, 0.2) is 42.5 Å². The first kappa shape index (κ1) is 20.4. The lowest BCUT2D eigenvalue weighted by Crippen LogP contribution is -2.37. The van der Waals surface area contributed by atoms with Crippen molar-refractivity contribution in [3.05, 3.63) is 64.2 Å². The van der Waals surface area contributed by atoms with Gasteiger partial charge in [-0.15, -0.1) is 0 Å². The van der Waals surface area contributed by atoms with E-state index in [1.54, 1.807) is 24.3 Å². The van der Waals surface area contributed by atoms with E-state index in [9.17, 15) is 13.2 Å². The molecule has 1 amide bonds. The molecule has 0 unspecified atom stereocenters. The smallest absolute Gasteiger partial charge is 0.239 e. The van der Waals surface area contributed by atoms with Gasteiger partial charge in [0, 0.05) is 17.3 Å². The third-order valence-electron chi connectivity index (χ3n) is 4.10. The van der Waals surface area contributed by atoms with Gasteiger partial charge in [0.25, 0.3) is 0 Å². The second-order valence-electron chi connectivity index (χ2n) is 6.13. The Bertz CT molecular complexity index is 897. The molecule has 0 atom stereocenters. The van der Waals surface area contributed by atoms with Gasteiger partial charge in [0.1, 0.15) is 0 Å². The van der Waals surface area contributed by atoms with Gasteiger partial charge < -0.3 is 5.32 Å². The van der Waals surface area contributed by atoms with Gasteiger partial charge in [-0.05, 0) is 36.1 Å². The number of anilines is 1. The molecule has 0 fully saturated rings. The first-order valence-electron chi connectivity index (χ1n) is 8.29. The molecule has 0 bridgehead atoms. The molecule has 1 N–H and O–H groups in total. The van der Waals surface area contributed by atoms with E-state index in [-0.39, 0.29) is 19.0 Å². The van der Waals surface area contributed by atoms with Crippen molar-refractivity contribution in [2.24, 2.45) is 0 Å². The zero-order valence-corrected chi connectivity index (χ0v) is 16.7. The summed E-state index contributed by atoms with van der Waals surface area (Å²) in [5, 5.41) is 3.32. The predicted octanol–water partition coefficient (Wildman–Crippen LogP) is 3.61. The van der Waals surface area contributed by atoms with E-state index in [2.05, 4.69) is 5.32 Å². The Morgan fingerprint density at radius 1 is 1.12 bits per heavy atom. The molecular formula is C19H23ClN2O3S. The van der Waals surface area contributed by atoms with Crippen LogP contribution in [0.4, 0.5) is 5.69 Å². The molecule has 2 aromatic rings. The van der Waals surface area contributed by atoms with Gasteiger partial charge in [0.2, 0.25) is 15.9 Å². The van der Waals surface area contributed by atoms with Gasteiger partial charge >= 0.3 is 0 Å². The minimum atomic E-state index is -3.58. The summed E-state index contributed by atoms with van der Waals surface area (Å²) in [6, 6.07) is 12.8. The zero-order chi connectivity index (χ0) is 19.3. The first-order chi connectivity index (χ1) is 12.2. The number of nitrogens with one attached hydrogen (secondary N) is 1. The summed E-state index contributed by atoms with van der Waals surface area (Å²) in [7, 11) is -3.58. The van der Waals surface area contributed by atoms with Gasteiger partial charge in [-0.2, -0.15) is 4.31 Å². The Labute approximate surface area is 160 Å². The minimum absolute atomic E-state index is 0.0420. The van der Waals surface area contributed by atoms with E-state index in [1.165, 1.54) is 0 Å². The Morgan fingerprint density at radius 3 is 2.38 bits per heavy atom. The maximum Gasteiger partial charge on any atom is 0.239 e. The van der Waals surface area contributed by atoms with Crippen LogP contribution in [0, 0.1) is 6.92 Å². The molecule has 0 aliphatic rings. The van der Waals surface area contributed by atoms with Crippen molar-refractivity contribution in [1.29, 1.82) is 0 Å². The van der Waals surface area contributed by atoms with Crippen molar-refractivity contribution in [2.75, 3.05) is 18.1 Å². The van der Waals surface area contributed by atoms with Crippen LogP contribution in [-0.2, 0) is 27.8 Å². The van der Waals surface area contributed by atoms with Crippen LogP contribution < -0.4 is 5.32 Å². The summed E-state index contributed by atoms with van der Waals surface area (Å²) in [6.07, 6.45) is 1.86. The van der Waals surface area contributed by atoms with Crippen molar-refractivity contribution >= 4 is 33.2 Å². The highest BCUT2D eigenvalue weighted by Gasteiger charge is 2.22. The minimum Gasteiger partial charge on any atom is -0.324 e. The van der Waals surface area contributed by atoms with E-state index in [0.29, 0.717) is 10.6 Å². The maximum atomic E-state index is 12.5. The molecular weight excluding hydrogens is 372 g/mol. The first-order valence-corrected chi connectivity index (χ1v) is 10.5. The van der Waals surface area contributed by atoms with Gasteiger partial charge in [-0.1, -0.05) is 54.9 Å². The van der Waals surface area contributed by atoms with Crippen molar-refractivity contribution in [3.8, 4) is 0 Å². The number of hydrogen-bond acceptors (Lipinski definition) is 3. The summed E-state index contributed by atoms with van der Waals surface area (Å²) in [5.74, 6) is -0.383. The van der Waals surface area contributed by atoms with Crippen molar-refractivity contribution in [3.63, 3.8) is 0 Å². The van der Waals surface area contributed by atoms with Crippen LogP contribution in [0.25, 0.3) is 0 Å². The molecule has 2 rings (SSSR count). The number of carbonyl (C=O) groups excluding carboxylic acids is 1. The molecule has 0 saturated heterocycles. The van der Waals surface area contributed by atoms with E-state index < -0.39 is 10.0 Å². The summed E-state index contributed by atoms with van der Waals surface area (Å²) >= 11 is 6.12. The lowest BCUT2D eigenvalue weighted by Gasteiger charge is -2.21. The molecule has 0 aliphatic heterocycles. The highest BCUT2D eigenvalue weighted by molar-refractivity contribution is 7.88. The van der Waals surface area contributed by atoms with Crippen molar-refractivity contribution < 1.29 is 13.2 Å². The standard InChI is InChI=1S/C19H23ClN2O3S/c1-4-15-10-7-8-14(2)19(15)21-18(23)13-22(26(3,24)25)12-16-9-5-6-11-17(16)20/h5-11H,4,12-13H2,1-3H3,(H,21,23). The normalized spacial score (nSPS) is 11.6. The Morgan fingerprint density at radius 2 is 1.77 bits per heavy atom. The quantitative estimate of drug-likeness (QED) is 0.780. The monoisotopic (exact) mass is 394 g/mol. The van der Waals surface area contributed by atoms with Crippen LogP contribution in [0.2, 0.25) is 5.02 Å². The van der Waals surface area contributed by atoms with Crippen LogP contribution in [0.3, 0.4) is 0 Å². The second-order valence-corrected chi connectivity index (χ2v) is 8.52. The molecule has 7 heteroatoms. The lowest BCUT2D eigenvalue weighted by molar-refractivity contribution is -0.116. The molecule has 2 aromatic carbocycles. The fourth-order valence-corrected chi connectivity index (χ4v) is 3.57. The van der Waals surface area contributed by atoms with Gasteiger partial charge in [-0.25, -0.2) is 8.42 Å². The number of nitrogens with zero attached hydrogens (tertiary/aromatic N) is 1. The number of para-hydroxylation sites is 1. The van der Waals surface area contributed by atoms with Crippen molar-refractivity contribution in [1.82, 2.24) is 4.31 Å². The largest absolute Gasteiger partial charge is 0.324 e. The van der Waals surface area contributed by atoms with Crippen LogP contribution in [0.5, 0.6) is 0 Å². The molecule has 0 saturated carbocycles. The van der Waals surface area contributed by atoms with Gasteiger partial charge in [0.05, 0.1) is 12.8 Å². The third-order valence-corrected chi connectivity index (χ3v) is 5.66. The summed E-state index contributed by atoms with van der Waals surface area (Å²) in [4.78, 5) is 12.5. The predicted molar refractivity (Wildman–Crippen MR) is 106 cm³/mol. The zero-order valence-electron chi connectivity index (χ0n) is 15.1. The molecule has 140 valence electrons. The topological polar surface area (TPSA) is 66.5 Å². The molecule has 5 nitrogen and oxygen atoms in total. The SMILES string of the molecule is CCc1cccc(C)c1NC(=O)CN(Cc1ccccc1Cl)S(C)(=O)=O. The number of carbonyl (C=O) groups is 1. The van der Waals surface area contributed by atoms with Gasteiger partial charge in [0.15, 0.2) is 0 Å². The average Bonchev–Trinajstić information content (AvgIpc) is 2.57. The molecule has 0 spiro atoms. The Kier molecular flexibility index (Phi) is 6.81. The van der Waals surface area contributed by atoms with Crippen molar-refractivity contribution in [2.45, 2.75) is 26.8 Å². The van der Waals surface area contributed by atoms with E-state index in [4.69, 9.17) is 11.6 Å². The number of hydrogen-bond donors (Lipinski definition) is 1. The van der Waals surface area contributed by atoms with Crippen LogP contribution in [0.1, 0.15) is 23.6 Å². The highest BCUT2D eigenvalue weighted by Crippen LogP contribution is 2.22. The summed E-state index contributed by atoms with van der Waals surface area (Å²) in [5.41, 5.74) is 3.34. The van der Waals surface area contributed by atoms with E-state index in [1.807, 2.05) is 32.0 Å². The number of aryl methyl sites for hydroxylation is 2. The molecule has 0 aromatic heterocycles. The fourth-order valence-electron chi connectivity index (χ4n) is 2.65. The number of halogens is 1. The fraction of sp³-hybridized carbons (Fsp3) is 0.316. The Hall–Kier alpha value is -1.89. The maximum absolute atomic E-state index is 12.5. The number of sulfonamides is 1. The average molecular weight is 395 g/mol. The highest BCUT2D eigenvalue weighted by atomic mass is 35.5. The molecule has 0 heterocycles. The lowest BCUT2D eigenvalue weighted by atomic mass is 10.1. The molecule has 0 radical (unpaired) electrons. The third kappa shape index (κ3) is 5.30. The second kappa shape index (κ2) is 8.66. The van der Waals surface area contributed by atoms with Crippen LogP contribution in [-0.4, -0.2) is 31.4 Å². The number of amides is 1. The Balaban J connectivity index is 2.19. The molecule has 0 aliphatic carbocycles.